The van der Waals surface area contributed by atoms with Crippen molar-refractivity contribution in [1.82, 2.24) is 20.0 Å². The topological polar surface area (TPSA) is 51.2 Å². The van der Waals surface area contributed by atoms with Gasteiger partial charge in [-0.15, -0.1) is 0 Å². The number of rotatable bonds is 5. The van der Waals surface area contributed by atoms with Crippen LogP contribution < -0.4 is 5.32 Å². The van der Waals surface area contributed by atoms with E-state index in [1.165, 1.54) is 38.6 Å². The molecule has 0 bridgehead atoms. The number of hydrogen-bond donors (Lipinski definition) is 1. The molecule has 2 aliphatic heterocycles. The van der Waals surface area contributed by atoms with Crippen molar-refractivity contribution in [3.05, 3.63) is 0 Å². The third-order valence-corrected chi connectivity index (χ3v) is 6.61. The van der Waals surface area contributed by atoms with Crippen LogP contribution in [0.15, 0.2) is 4.99 Å². The predicted molar refractivity (Wildman–Crippen MR) is 106 cm³/mol. The van der Waals surface area contributed by atoms with E-state index in [-0.39, 0.29) is 11.9 Å². The summed E-state index contributed by atoms with van der Waals surface area (Å²) < 4.78 is 0. The molecule has 2 heterocycles. The van der Waals surface area contributed by atoms with E-state index in [0.29, 0.717) is 5.41 Å². The maximum absolute atomic E-state index is 12.3. The first kappa shape index (κ1) is 19.5. The van der Waals surface area contributed by atoms with Gasteiger partial charge >= 0.3 is 0 Å². The molecule has 26 heavy (non-hydrogen) atoms. The number of carbonyl (C=O) groups is 1. The summed E-state index contributed by atoms with van der Waals surface area (Å²) in [5.74, 6) is 1.32. The van der Waals surface area contributed by atoms with E-state index in [2.05, 4.69) is 20.1 Å². The lowest BCUT2D eigenvalue weighted by Gasteiger charge is -2.27. The normalized spacial score (nSPS) is 26.0. The van der Waals surface area contributed by atoms with Crippen LogP contribution in [0.5, 0.6) is 0 Å². The van der Waals surface area contributed by atoms with Gasteiger partial charge in [-0.2, -0.15) is 0 Å². The molecule has 3 rings (SSSR count). The molecule has 148 valence electrons. The molecule has 1 saturated carbocycles. The van der Waals surface area contributed by atoms with E-state index in [4.69, 9.17) is 0 Å². The highest BCUT2D eigenvalue weighted by atomic mass is 16.2. The number of likely N-dealkylation sites (tertiary alicyclic amines) is 2. The maximum atomic E-state index is 12.3. The standard InChI is InChI=1S/C20H37N5O/c1-21-19(25-15-11-20(16-25)9-4-5-10-20)22-12-7-14-24-13-6-8-17(24)18(26)23(2)3/h17H,4-16H2,1-3H3,(H,21,22). The Labute approximate surface area is 159 Å². The fraction of sp³-hybridized carbons (Fsp3) is 0.900. The molecule has 1 aliphatic carbocycles. The molecule has 0 aromatic heterocycles. The van der Waals surface area contributed by atoms with Crippen molar-refractivity contribution in [3.63, 3.8) is 0 Å². The van der Waals surface area contributed by atoms with Gasteiger partial charge in [0.25, 0.3) is 0 Å². The first-order chi connectivity index (χ1) is 12.5. The Hall–Kier alpha value is -1.30. The molecule has 6 nitrogen and oxygen atoms in total. The SMILES string of the molecule is CN=C(NCCCN1CCCC1C(=O)N(C)C)N1CCC2(CCCC2)C1. The van der Waals surface area contributed by atoms with Crippen LogP contribution in [-0.2, 0) is 4.79 Å². The summed E-state index contributed by atoms with van der Waals surface area (Å²) in [4.78, 5) is 23.3. The second-order valence-corrected chi connectivity index (χ2v) is 8.63. The first-order valence-electron chi connectivity index (χ1n) is 10.5. The van der Waals surface area contributed by atoms with E-state index in [1.807, 2.05) is 21.1 Å². The average molecular weight is 364 g/mol. The number of likely N-dealkylation sites (N-methyl/N-ethyl adjacent to an activating group) is 1. The lowest BCUT2D eigenvalue weighted by molar-refractivity contribution is -0.133. The van der Waals surface area contributed by atoms with Crippen LogP contribution in [0.4, 0.5) is 0 Å². The van der Waals surface area contributed by atoms with Crippen LogP contribution in [-0.4, -0.2) is 86.5 Å². The zero-order valence-electron chi connectivity index (χ0n) is 17.0. The molecule has 1 spiro atoms. The first-order valence-corrected chi connectivity index (χ1v) is 10.5. The van der Waals surface area contributed by atoms with Gasteiger partial charge in [-0.25, -0.2) is 0 Å². The minimum absolute atomic E-state index is 0.0881. The summed E-state index contributed by atoms with van der Waals surface area (Å²) >= 11 is 0. The fourth-order valence-corrected chi connectivity index (χ4v) is 5.14. The summed E-state index contributed by atoms with van der Waals surface area (Å²) in [6.07, 6.45) is 10.1. The maximum Gasteiger partial charge on any atom is 0.239 e. The van der Waals surface area contributed by atoms with Gasteiger partial charge in [0, 0.05) is 47.3 Å². The number of amides is 1. The van der Waals surface area contributed by atoms with Gasteiger partial charge in [-0.05, 0) is 50.5 Å². The third-order valence-electron chi connectivity index (χ3n) is 6.61. The van der Waals surface area contributed by atoms with Crippen molar-refractivity contribution in [2.75, 3.05) is 53.9 Å². The Bertz CT molecular complexity index is 512. The number of carbonyl (C=O) groups excluding carboxylic acids is 1. The molecule has 1 N–H and O–H groups in total. The molecule has 0 aromatic carbocycles. The van der Waals surface area contributed by atoms with Gasteiger partial charge in [-0.1, -0.05) is 12.8 Å². The Morgan fingerprint density at radius 1 is 1.19 bits per heavy atom. The van der Waals surface area contributed by atoms with Crippen LogP contribution >= 0.6 is 0 Å². The minimum Gasteiger partial charge on any atom is -0.356 e. The zero-order chi connectivity index (χ0) is 18.6. The van der Waals surface area contributed by atoms with Crippen molar-refractivity contribution in [2.45, 2.75) is 57.4 Å². The average Bonchev–Trinajstić information content (AvgIpc) is 3.37. The van der Waals surface area contributed by atoms with Gasteiger partial charge in [0.1, 0.15) is 0 Å². The Morgan fingerprint density at radius 3 is 2.65 bits per heavy atom. The van der Waals surface area contributed by atoms with Gasteiger partial charge in [0.05, 0.1) is 6.04 Å². The van der Waals surface area contributed by atoms with E-state index < -0.39 is 0 Å². The largest absolute Gasteiger partial charge is 0.356 e. The Kier molecular flexibility index (Phi) is 6.43. The molecule has 1 atom stereocenters. The Balaban J connectivity index is 1.40. The highest BCUT2D eigenvalue weighted by molar-refractivity contribution is 5.81. The second kappa shape index (κ2) is 8.59. The fourth-order valence-electron chi connectivity index (χ4n) is 5.14. The molecule has 1 unspecified atom stereocenters. The van der Waals surface area contributed by atoms with Crippen LogP contribution in [0, 0.1) is 5.41 Å². The van der Waals surface area contributed by atoms with E-state index in [0.717, 1.165) is 51.4 Å². The molecule has 6 heteroatoms. The molecule has 0 radical (unpaired) electrons. The molecule has 2 saturated heterocycles. The minimum atomic E-state index is 0.0881. The van der Waals surface area contributed by atoms with Crippen molar-refractivity contribution < 1.29 is 4.79 Å². The molecule has 0 aromatic rings. The third kappa shape index (κ3) is 4.33. The highest BCUT2D eigenvalue weighted by Crippen LogP contribution is 2.45. The number of hydrogen-bond acceptors (Lipinski definition) is 3. The lowest BCUT2D eigenvalue weighted by atomic mass is 9.86. The van der Waals surface area contributed by atoms with Gasteiger partial charge in [0.2, 0.25) is 5.91 Å². The van der Waals surface area contributed by atoms with Crippen LogP contribution in [0.1, 0.15) is 51.4 Å². The van der Waals surface area contributed by atoms with Crippen LogP contribution in [0.2, 0.25) is 0 Å². The summed E-state index contributed by atoms with van der Waals surface area (Å²) in [7, 11) is 5.61. The molecule has 1 amide bonds. The van der Waals surface area contributed by atoms with Crippen molar-refractivity contribution in [2.24, 2.45) is 10.4 Å². The van der Waals surface area contributed by atoms with Crippen LogP contribution in [0.3, 0.4) is 0 Å². The summed E-state index contributed by atoms with van der Waals surface area (Å²) in [5, 5.41) is 3.56. The molecular weight excluding hydrogens is 326 g/mol. The summed E-state index contributed by atoms with van der Waals surface area (Å²) in [6, 6.07) is 0.0881. The van der Waals surface area contributed by atoms with Gasteiger partial charge in [0.15, 0.2) is 5.96 Å². The number of nitrogens with zero attached hydrogens (tertiary/aromatic N) is 4. The number of nitrogens with one attached hydrogen (secondary N) is 1. The number of guanidine groups is 1. The molecular formula is C20H37N5O. The van der Waals surface area contributed by atoms with E-state index in [1.54, 1.807) is 4.90 Å². The smallest absolute Gasteiger partial charge is 0.239 e. The predicted octanol–water partition coefficient (Wildman–Crippen LogP) is 1.77. The number of aliphatic imine (C=N–C) groups is 1. The zero-order valence-corrected chi connectivity index (χ0v) is 17.0. The summed E-state index contributed by atoms with van der Waals surface area (Å²) in [6.45, 7) is 5.28. The highest BCUT2D eigenvalue weighted by Gasteiger charge is 2.41. The van der Waals surface area contributed by atoms with Gasteiger partial charge in [-0.3, -0.25) is 14.7 Å². The van der Waals surface area contributed by atoms with Crippen LogP contribution in [0.25, 0.3) is 0 Å². The van der Waals surface area contributed by atoms with E-state index in [9.17, 15) is 4.79 Å². The summed E-state index contributed by atoms with van der Waals surface area (Å²) in [5.41, 5.74) is 0.576. The van der Waals surface area contributed by atoms with E-state index >= 15 is 0 Å². The second-order valence-electron chi connectivity index (χ2n) is 8.63. The monoisotopic (exact) mass is 363 g/mol. The van der Waals surface area contributed by atoms with Gasteiger partial charge < -0.3 is 15.1 Å². The van der Waals surface area contributed by atoms with Crippen molar-refractivity contribution in [1.29, 1.82) is 0 Å². The van der Waals surface area contributed by atoms with Crippen molar-refractivity contribution >= 4 is 11.9 Å². The van der Waals surface area contributed by atoms with Crippen molar-refractivity contribution in [3.8, 4) is 0 Å². The molecule has 3 aliphatic rings. The lowest BCUT2D eigenvalue weighted by Crippen LogP contribution is -2.44. The quantitative estimate of drug-likeness (QED) is 0.459. The Morgan fingerprint density at radius 2 is 1.96 bits per heavy atom. The molecule has 3 fully saturated rings.